The van der Waals surface area contributed by atoms with E-state index in [0.29, 0.717) is 12.3 Å². The molecule has 4 nitrogen and oxygen atoms in total. The Morgan fingerprint density at radius 3 is 2.62 bits per heavy atom. The molecule has 0 aliphatic carbocycles. The molecule has 0 radical (unpaired) electrons. The van der Waals surface area contributed by atoms with Gasteiger partial charge >= 0.3 is 0 Å². The lowest BCUT2D eigenvalue weighted by Gasteiger charge is -2.15. The number of nitrogens with one attached hydrogen (secondary N) is 2. The maximum absolute atomic E-state index is 12.3. The van der Waals surface area contributed by atoms with Crippen molar-refractivity contribution in [3.05, 3.63) is 59.7 Å². The van der Waals surface area contributed by atoms with E-state index in [1.807, 2.05) is 31.3 Å². The van der Waals surface area contributed by atoms with Crippen LogP contribution in [0, 0.1) is 18.3 Å². The van der Waals surface area contributed by atoms with Gasteiger partial charge in [0.05, 0.1) is 24.6 Å². The standard InChI is InChI=1S/C19H21N3OS/c1-15-7-9-16(10-8-15)13-22(2)14-19(23)21-17-5-3-4-6-18(17)24-12-11-20/h3-10H,12-14H2,1-2H3,(H,21,23)/p+1. The number of likely N-dealkylation sites (N-methyl/N-ethyl adjacent to an activating group) is 1. The second-order valence-corrected chi connectivity index (χ2v) is 6.80. The van der Waals surface area contributed by atoms with Gasteiger partial charge in [-0.3, -0.25) is 4.79 Å². The number of quaternary nitrogens is 1. The Hall–Kier alpha value is -2.29. The summed E-state index contributed by atoms with van der Waals surface area (Å²) in [5.41, 5.74) is 3.22. The Labute approximate surface area is 147 Å². The number of anilines is 1. The van der Waals surface area contributed by atoms with E-state index < -0.39 is 0 Å². The lowest BCUT2D eigenvalue weighted by atomic mass is 10.1. The molecular weight excluding hydrogens is 318 g/mol. The first-order valence-electron chi connectivity index (χ1n) is 7.84. The fourth-order valence-electron chi connectivity index (χ4n) is 2.39. The topological polar surface area (TPSA) is 57.3 Å². The van der Waals surface area contributed by atoms with E-state index in [9.17, 15) is 4.79 Å². The fraction of sp³-hybridized carbons (Fsp3) is 0.263. The van der Waals surface area contributed by atoms with Crippen LogP contribution >= 0.6 is 11.8 Å². The van der Waals surface area contributed by atoms with Gasteiger partial charge in [-0.1, -0.05) is 42.0 Å². The minimum Gasteiger partial charge on any atom is -0.326 e. The van der Waals surface area contributed by atoms with Gasteiger partial charge in [-0.05, 0) is 19.1 Å². The summed E-state index contributed by atoms with van der Waals surface area (Å²) >= 11 is 1.43. The molecule has 2 aromatic rings. The first-order chi connectivity index (χ1) is 11.6. The zero-order chi connectivity index (χ0) is 17.4. The highest BCUT2D eigenvalue weighted by molar-refractivity contribution is 7.99. The van der Waals surface area contributed by atoms with Crippen molar-refractivity contribution in [2.45, 2.75) is 18.4 Å². The molecule has 2 rings (SSSR count). The van der Waals surface area contributed by atoms with Crippen LogP contribution in [0.1, 0.15) is 11.1 Å². The molecule has 0 aromatic heterocycles. The molecule has 0 fully saturated rings. The highest BCUT2D eigenvalue weighted by Gasteiger charge is 2.12. The summed E-state index contributed by atoms with van der Waals surface area (Å²) < 4.78 is 0. The number of nitrogens with zero attached hydrogens (tertiary/aromatic N) is 1. The summed E-state index contributed by atoms with van der Waals surface area (Å²) in [5.74, 6) is 0.343. The number of hydrogen-bond acceptors (Lipinski definition) is 3. The second kappa shape index (κ2) is 9.11. The normalized spacial score (nSPS) is 11.5. The lowest BCUT2D eigenvalue weighted by Crippen LogP contribution is -3.08. The monoisotopic (exact) mass is 340 g/mol. The summed E-state index contributed by atoms with van der Waals surface area (Å²) in [6.45, 7) is 3.26. The largest absolute Gasteiger partial charge is 0.326 e. The summed E-state index contributed by atoms with van der Waals surface area (Å²) in [6, 6.07) is 18.1. The number of carbonyl (C=O) groups excluding carboxylic acids is 1. The van der Waals surface area contributed by atoms with Crippen LogP contribution in [0.3, 0.4) is 0 Å². The van der Waals surface area contributed by atoms with Crippen LogP contribution in [0.25, 0.3) is 0 Å². The number of rotatable bonds is 7. The zero-order valence-corrected chi connectivity index (χ0v) is 14.8. The van der Waals surface area contributed by atoms with Crippen molar-refractivity contribution >= 4 is 23.4 Å². The van der Waals surface area contributed by atoms with Crippen LogP contribution in [0.5, 0.6) is 0 Å². The third-order valence-electron chi connectivity index (χ3n) is 3.54. The first-order valence-corrected chi connectivity index (χ1v) is 8.82. The molecular formula is C19H22N3OS+. The average molecular weight is 340 g/mol. The fourth-order valence-corrected chi connectivity index (χ4v) is 3.06. The van der Waals surface area contributed by atoms with Gasteiger partial charge in [-0.2, -0.15) is 5.26 Å². The van der Waals surface area contributed by atoms with Crippen molar-refractivity contribution in [2.24, 2.45) is 0 Å². The summed E-state index contributed by atoms with van der Waals surface area (Å²) in [6.07, 6.45) is 0. The molecule has 5 heteroatoms. The highest BCUT2D eigenvalue weighted by Crippen LogP contribution is 2.26. The van der Waals surface area contributed by atoms with Crippen LogP contribution in [-0.4, -0.2) is 25.3 Å². The molecule has 2 N–H and O–H groups in total. The van der Waals surface area contributed by atoms with Crippen LogP contribution in [-0.2, 0) is 11.3 Å². The third-order valence-corrected chi connectivity index (χ3v) is 4.48. The first kappa shape index (κ1) is 18.1. The van der Waals surface area contributed by atoms with Gasteiger partial charge in [-0.15, -0.1) is 11.8 Å². The molecule has 0 aliphatic heterocycles. The minimum absolute atomic E-state index is 0.0235. The molecule has 1 amide bonds. The molecule has 0 bridgehead atoms. The quantitative estimate of drug-likeness (QED) is 0.760. The molecule has 0 spiro atoms. The van der Waals surface area contributed by atoms with E-state index in [4.69, 9.17) is 5.26 Å². The molecule has 0 aliphatic rings. The Morgan fingerprint density at radius 2 is 1.92 bits per heavy atom. The smallest absolute Gasteiger partial charge is 0.279 e. The zero-order valence-electron chi connectivity index (χ0n) is 14.0. The predicted molar refractivity (Wildman–Crippen MR) is 98.0 cm³/mol. The average Bonchev–Trinajstić information content (AvgIpc) is 2.56. The molecule has 0 saturated carbocycles. The number of nitriles is 1. The van der Waals surface area contributed by atoms with Crippen molar-refractivity contribution in [1.29, 1.82) is 5.26 Å². The van der Waals surface area contributed by atoms with E-state index in [1.165, 1.54) is 22.9 Å². The van der Waals surface area contributed by atoms with E-state index in [-0.39, 0.29) is 5.91 Å². The molecule has 2 aromatic carbocycles. The molecule has 1 atom stereocenters. The number of para-hydroxylation sites is 1. The molecule has 1 unspecified atom stereocenters. The predicted octanol–water partition coefficient (Wildman–Crippen LogP) is 2.26. The van der Waals surface area contributed by atoms with E-state index in [1.54, 1.807) is 0 Å². The maximum Gasteiger partial charge on any atom is 0.279 e. The summed E-state index contributed by atoms with van der Waals surface area (Å²) in [4.78, 5) is 14.3. The maximum atomic E-state index is 12.3. The highest BCUT2D eigenvalue weighted by atomic mass is 32.2. The second-order valence-electron chi connectivity index (χ2n) is 5.79. The van der Waals surface area contributed by atoms with Gasteiger partial charge in [0.2, 0.25) is 0 Å². The SMILES string of the molecule is Cc1ccc(C[NH+](C)CC(=O)Nc2ccccc2SCC#N)cc1. The van der Waals surface area contributed by atoms with Crippen LogP contribution < -0.4 is 10.2 Å². The van der Waals surface area contributed by atoms with Crippen molar-refractivity contribution in [3.63, 3.8) is 0 Å². The van der Waals surface area contributed by atoms with Crippen molar-refractivity contribution in [2.75, 3.05) is 24.7 Å². The minimum atomic E-state index is -0.0235. The Kier molecular flexibility index (Phi) is 6.86. The number of amides is 1. The van der Waals surface area contributed by atoms with Gasteiger partial charge in [0.25, 0.3) is 5.91 Å². The van der Waals surface area contributed by atoms with Gasteiger partial charge in [-0.25, -0.2) is 0 Å². The van der Waals surface area contributed by atoms with Crippen LogP contribution in [0.2, 0.25) is 0 Å². The number of carbonyl (C=O) groups is 1. The van der Waals surface area contributed by atoms with Crippen LogP contribution in [0.15, 0.2) is 53.4 Å². The van der Waals surface area contributed by atoms with Gasteiger partial charge in [0.15, 0.2) is 6.54 Å². The lowest BCUT2D eigenvalue weighted by molar-refractivity contribution is -0.885. The Morgan fingerprint density at radius 1 is 1.21 bits per heavy atom. The van der Waals surface area contributed by atoms with Gasteiger partial charge < -0.3 is 10.2 Å². The van der Waals surface area contributed by atoms with Crippen molar-refractivity contribution < 1.29 is 9.69 Å². The van der Waals surface area contributed by atoms with Crippen molar-refractivity contribution in [1.82, 2.24) is 0 Å². The van der Waals surface area contributed by atoms with E-state index in [2.05, 4.69) is 42.6 Å². The molecule has 0 saturated heterocycles. The van der Waals surface area contributed by atoms with Crippen molar-refractivity contribution in [3.8, 4) is 6.07 Å². The number of aryl methyl sites for hydroxylation is 1. The van der Waals surface area contributed by atoms with Crippen LogP contribution in [0.4, 0.5) is 5.69 Å². The number of benzene rings is 2. The number of thioether (sulfide) groups is 1. The summed E-state index contributed by atoms with van der Waals surface area (Å²) in [5, 5.41) is 11.7. The Bertz CT molecular complexity index is 722. The van der Waals surface area contributed by atoms with E-state index >= 15 is 0 Å². The molecule has 0 heterocycles. The van der Waals surface area contributed by atoms with E-state index in [0.717, 1.165) is 22.0 Å². The van der Waals surface area contributed by atoms with Gasteiger partial charge in [0, 0.05) is 10.5 Å². The number of hydrogen-bond donors (Lipinski definition) is 2. The third kappa shape index (κ3) is 5.73. The molecule has 124 valence electrons. The summed E-state index contributed by atoms with van der Waals surface area (Å²) in [7, 11) is 2.01. The van der Waals surface area contributed by atoms with Gasteiger partial charge in [0.1, 0.15) is 6.54 Å². The Balaban J connectivity index is 1.91. The molecule has 24 heavy (non-hydrogen) atoms.